The molecule has 0 aromatic heterocycles. The van der Waals surface area contributed by atoms with Crippen molar-refractivity contribution in [3.8, 4) is 0 Å². The van der Waals surface area contributed by atoms with Crippen molar-refractivity contribution in [1.82, 2.24) is 0 Å². The van der Waals surface area contributed by atoms with Gasteiger partial charge in [0, 0.05) is 66.8 Å². The SMILES string of the molecule is Cc1cc(B2OC(C)(C)C(C)(C)O2)cc2c1C(C)(C)CC2(C)C.S=S=S=S=S=S=S. The largest absolute Gasteiger partial charge is 0.494 e. The fraction of sp³-hybridized carbons (Fsp3) is 0.700. The van der Waals surface area contributed by atoms with Crippen molar-refractivity contribution in [2.75, 3.05) is 0 Å². The van der Waals surface area contributed by atoms with E-state index in [0.29, 0.717) is 0 Å². The topological polar surface area (TPSA) is 18.5 Å². The van der Waals surface area contributed by atoms with E-state index in [9.17, 15) is 0 Å². The Bertz CT molecular complexity index is 995. The van der Waals surface area contributed by atoms with Crippen LogP contribution in [0.15, 0.2) is 12.1 Å². The summed E-state index contributed by atoms with van der Waals surface area (Å²) in [5.74, 6) is 0. The lowest BCUT2D eigenvalue weighted by Gasteiger charge is -2.32. The molecule has 1 aromatic carbocycles. The van der Waals surface area contributed by atoms with Crippen molar-refractivity contribution in [3.05, 3.63) is 28.8 Å². The number of hydrogen-bond donors (Lipinski definition) is 0. The minimum atomic E-state index is -0.292. The molecule has 0 spiro atoms. The molecule has 30 heavy (non-hydrogen) atoms. The second-order valence-corrected chi connectivity index (χ2v) is 19.0. The lowest BCUT2D eigenvalue weighted by atomic mass is 9.74. The lowest BCUT2D eigenvalue weighted by molar-refractivity contribution is 0.00578. The molecule has 1 aliphatic carbocycles. The van der Waals surface area contributed by atoms with Gasteiger partial charge in [-0.05, 0) is 74.0 Å². The second-order valence-electron chi connectivity index (χ2n) is 10.1. The van der Waals surface area contributed by atoms with Crippen molar-refractivity contribution in [3.63, 3.8) is 0 Å². The van der Waals surface area contributed by atoms with Gasteiger partial charge in [-0.1, -0.05) is 39.8 Å². The molecular weight excluding hydrogens is 507 g/mol. The number of fused-ring (bicyclic) bond motifs is 1. The Balaban J connectivity index is 0.000000396. The molecule has 168 valence electrons. The standard InChI is InChI=1S/C20H31BO2.S7/c1-13-10-14(21-22-19(6,7)20(8,9)23-21)11-15-16(13)18(4,5)12-17(15,2)3;1-3-5-7-6-4-2/h10-11H,12H2,1-9H3;. The van der Waals surface area contributed by atoms with Crippen LogP contribution in [0.5, 0.6) is 0 Å². The third-order valence-electron chi connectivity index (χ3n) is 6.28. The van der Waals surface area contributed by atoms with Crippen molar-refractivity contribution in [1.29, 1.82) is 0 Å². The van der Waals surface area contributed by atoms with Gasteiger partial charge in [-0.2, -0.15) is 0 Å². The number of hydrogen-bond acceptors (Lipinski definition) is 4. The van der Waals surface area contributed by atoms with E-state index in [-0.39, 0.29) is 29.2 Å². The van der Waals surface area contributed by atoms with Gasteiger partial charge in [-0.25, -0.2) is 0 Å². The summed E-state index contributed by atoms with van der Waals surface area (Å²) < 4.78 is 12.5. The molecule has 1 aliphatic heterocycles. The van der Waals surface area contributed by atoms with Crippen LogP contribution in [0.3, 0.4) is 0 Å². The highest BCUT2D eigenvalue weighted by Crippen LogP contribution is 2.50. The van der Waals surface area contributed by atoms with E-state index in [1.54, 1.807) is 26.6 Å². The monoisotopic (exact) mass is 538 g/mol. The number of rotatable bonds is 1. The van der Waals surface area contributed by atoms with Gasteiger partial charge in [0.2, 0.25) is 0 Å². The van der Waals surface area contributed by atoms with Crippen LogP contribution in [0.25, 0.3) is 0 Å². The van der Waals surface area contributed by atoms with Gasteiger partial charge in [0.1, 0.15) is 0 Å². The quantitative estimate of drug-likeness (QED) is 0.498. The van der Waals surface area contributed by atoms with Gasteiger partial charge in [0.05, 0.1) is 11.2 Å². The first kappa shape index (κ1) is 27.0. The average molecular weight is 539 g/mol. The minimum Gasteiger partial charge on any atom is -0.399 e. The zero-order chi connectivity index (χ0) is 23.0. The summed E-state index contributed by atoms with van der Waals surface area (Å²) >= 11 is 9.14. The van der Waals surface area contributed by atoms with Gasteiger partial charge in [-0.15, -0.1) is 0 Å². The van der Waals surface area contributed by atoms with Crippen LogP contribution in [0, 0.1) is 6.92 Å². The predicted molar refractivity (Wildman–Crippen MR) is 149 cm³/mol. The molecule has 2 aliphatic rings. The second kappa shape index (κ2) is 9.93. The highest BCUT2D eigenvalue weighted by atomic mass is 33.4. The van der Waals surface area contributed by atoms with Crippen LogP contribution < -0.4 is 5.46 Å². The lowest BCUT2D eigenvalue weighted by Crippen LogP contribution is -2.41. The average Bonchev–Trinajstić information content (AvgIpc) is 2.93. The van der Waals surface area contributed by atoms with Gasteiger partial charge >= 0.3 is 7.12 Å². The normalized spacial score (nSPS) is 21.7. The molecule has 1 aromatic rings. The Kier molecular flexibility index (Phi) is 8.94. The van der Waals surface area contributed by atoms with E-state index < -0.39 is 0 Å². The fourth-order valence-corrected chi connectivity index (χ4v) is 12.9. The van der Waals surface area contributed by atoms with E-state index in [1.807, 2.05) is 0 Å². The van der Waals surface area contributed by atoms with E-state index in [1.165, 1.54) is 40.9 Å². The Morgan fingerprint density at radius 3 is 1.77 bits per heavy atom. The van der Waals surface area contributed by atoms with E-state index in [2.05, 4.69) is 96.8 Å². The van der Waals surface area contributed by atoms with Gasteiger partial charge < -0.3 is 9.31 Å². The Labute approximate surface area is 206 Å². The molecule has 0 saturated carbocycles. The zero-order valence-electron chi connectivity index (χ0n) is 19.1. The van der Waals surface area contributed by atoms with Crippen LogP contribution >= 0.6 is 0 Å². The van der Waals surface area contributed by atoms with Crippen LogP contribution in [0.1, 0.15) is 78.5 Å². The molecule has 0 unspecified atom stereocenters. The molecule has 0 bridgehead atoms. The van der Waals surface area contributed by atoms with Crippen molar-refractivity contribution in [2.45, 2.75) is 90.8 Å². The maximum atomic E-state index is 6.26. The number of benzene rings is 1. The predicted octanol–water partition coefficient (Wildman–Crippen LogP) is 4.24. The zero-order valence-corrected chi connectivity index (χ0v) is 24.8. The Morgan fingerprint density at radius 1 is 0.800 bits per heavy atom. The fourth-order valence-electron chi connectivity index (χ4n) is 4.68. The van der Waals surface area contributed by atoms with Crippen molar-refractivity contribution < 1.29 is 9.31 Å². The summed E-state index contributed by atoms with van der Waals surface area (Å²) in [6.07, 6.45) is 1.18. The molecular formula is C20H31BO2S7. The van der Waals surface area contributed by atoms with Crippen LogP contribution in [0.2, 0.25) is 0 Å². The Morgan fingerprint density at radius 2 is 1.30 bits per heavy atom. The number of aryl methyl sites for hydroxylation is 1. The third-order valence-corrected chi connectivity index (χ3v) is 15.2. The van der Waals surface area contributed by atoms with Gasteiger partial charge in [0.15, 0.2) is 0 Å². The molecule has 0 amide bonds. The summed E-state index contributed by atoms with van der Waals surface area (Å²) in [6, 6.07) is 4.60. The van der Waals surface area contributed by atoms with Crippen LogP contribution in [-0.4, -0.2) is 18.3 Å². The summed E-state index contributed by atoms with van der Waals surface area (Å²) in [6.45, 7) is 20.1. The molecule has 2 nitrogen and oxygen atoms in total. The van der Waals surface area contributed by atoms with Crippen molar-refractivity contribution >= 4 is 79.4 Å². The Hall–Kier alpha value is 0.745. The molecule has 1 saturated heterocycles. The molecule has 0 N–H and O–H groups in total. The first-order chi connectivity index (χ1) is 13.7. The van der Waals surface area contributed by atoms with Gasteiger partial charge in [-0.3, -0.25) is 0 Å². The summed E-state index contributed by atoms with van der Waals surface area (Å²) in [4.78, 5) is 0. The maximum absolute atomic E-state index is 6.26. The van der Waals surface area contributed by atoms with Gasteiger partial charge in [0.25, 0.3) is 0 Å². The van der Waals surface area contributed by atoms with E-state index in [0.717, 1.165) is 5.46 Å². The molecule has 3 rings (SSSR count). The first-order valence-corrected chi connectivity index (χ1v) is 17.8. The molecule has 10 heteroatoms. The first-order valence-electron chi connectivity index (χ1n) is 9.78. The summed E-state index contributed by atoms with van der Waals surface area (Å²) in [7, 11) is 7.09. The third kappa shape index (κ3) is 5.80. The molecule has 0 atom stereocenters. The van der Waals surface area contributed by atoms with E-state index >= 15 is 0 Å². The molecule has 1 heterocycles. The minimum absolute atomic E-state index is 0.198. The molecule has 1 fully saturated rings. The highest BCUT2D eigenvalue weighted by molar-refractivity contribution is 8.68. The maximum Gasteiger partial charge on any atom is 0.494 e. The van der Waals surface area contributed by atoms with E-state index in [4.69, 9.17) is 9.31 Å². The molecule has 0 radical (unpaired) electrons. The summed E-state index contributed by atoms with van der Waals surface area (Å²) in [5.41, 5.74) is 5.35. The van der Waals surface area contributed by atoms with Crippen LogP contribution in [-0.2, 0) is 86.9 Å². The smallest absolute Gasteiger partial charge is 0.399 e. The van der Waals surface area contributed by atoms with Crippen LogP contribution in [0.4, 0.5) is 0 Å². The summed E-state index contributed by atoms with van der Waals surface area (Å²) in [5, 5.41) is 0. The van der Waals surface area contributed by atoms with Crippen molar-refractivity contribution in [2.24, 2.45) is 0 Å². The highest BCUT2D eigenvalue weighted by Gasteiger charge is 2.52.